The van der Waals surface area contributed by atoms with Gasteiger partial charge in [0.15, 0.2) is 0 Å². The summed E-state index contributed by atoms with van der Waals surface area (Å²) in [7, 11) is 0. The summed E-state index contributed by atoms with van der Waals surface area (Å²) < 4.78 is 0. The number of hydrogen-bond acceptors (Lipinski definition) is 2. The summed E-state index contributed by atoms with van der Waals surface area (Å²) in [6, 6.07) is 7.34. The normalized spacial score (nSPS) is 38.7. The molecule has 2 heterocycles. The van der Waals surface area contributed by atoms with Crippen molar-refractivity contribution in [2.45, 2.75) is 19.3 Å². The zero-order chi connectivity index (χ0) is 12.0. The van der Waals surface area contributed by atoms with E-state index in [1.54, 1.807) is 0 Å². The summed E-state index contributed by atoms with van der Waals surface area (Å²) in [6.07, 6.45) is 0. The van der Waals surface area contributed by atoms with E-state index in [0.29, 0.717) is 50.7 Å². The van der Waals surface area contributed by atoms with Crippen LogP contribution in [-0.4, -0.2) is 41.5 Å². The molecule has 2 aliphatic heterocycles. The van der Waals surface area contributed by atoms with Gasteiger partial charge in [0.25, 0.3) is 0 Å². The second-order valence-electron chi connectivity index (χ2n) is 5.07. The molecule has 0 radical (unpaired) electrons. The van der Waals surface area contributed by atoms with Gasteiger partial charge in [-0.1, -0.05) is 0 Å². The van der Waals surface area contributed by atoms with E-state index < -0.39 is 0 Å². The van der Waals surface area contributed by atoms with Gasteiger partial charge in [-0.2, -0.15) is 0 Å². The molecule has 2 nitrogen and oxygen atoms in total. The van der Waals surface area contributed by atoms with Crippen LogP contribution in [-0.2, 0) is 0 Å². The van der Waals surface area contributed by atoms with Crippen LogP contribution in [0, 0.1) is 0 Å². The van der Waals surface area contributed by atoms with Crippen LogP contribution < -0.4 is 0 Å². The fraction of sp³-hybridized carbons (Fsp3) is 0.286. The van der Waals surface area contributed by atoms with Crippen LogP contribution >= 0.6 is 0 Å². The first-order valence-corrected chi connectivity index (χ1v) is 9.96. The molecule has 2 fully saturated rings. The summed E-state index contributed by atoms with van der Waals surface area (Å²) in [4.78, 5) is 27.8. The molecule has 5 rings (SSSR count). The predicted octanol–water partition coefficient (Wildman–Crippen LogP) is 1.97. The van der Waals surface area contributed by atoms with E-state index in [9.17, 15) is 9.59 Å². The number of allylic oxidation sites excluding steroid dienone is 2. The number of benzene rings is 1. The van der Waals surface area contributed by atoms with E-state index in [4.69, 9.17) is 0 Å². The SMILES string of the molecule is O=C1C2=C(C(=O)c3ccccc31)C1[Se]C1C1[Se]C21. The number of carbonyl (C=O) groups is 2. The first-order chi connectivity index (χ1) is 8.77. The van der Waals surface area contributed by atoms with Crippen molar-refractivity contribution in [3.05, 3.63) is 46.5 Å². The molecule has 88 valence electrons. The average molecular weight is 366 g/mol. The average Bonchev–Trinajstić information content (AvgIpc) is 3.24. The van der Waals surface area contributed by atoms with Crippen molar-refractivity contribution in [2.75, 3.05) is 0 Å². The Morgan fingerprint density at radius 1 is 0.778 bits per heavy atom. The summed E-state index contributed by atoms with van der Waals surface area (Å²) in [6.45, 7) is 0. The van der Waals surface area contributed by atoms with Gasteiger partial charge in [0.2, 0.25) is 0 Å². The van der Waals surface area contributed by atoms with E-state index >= 15 is 0 Å². The van der Waals surface area contributed by atoms with Gasteiger partial charge in [0.1, 0.15) is 0 Å². The molecule has 0 N–H and O–H groups in total. The van der Waals surface area contributed by atoms with Gasteiger partial charge >= 0.3 is 117 Å². The molecule has 0 amide bonds. The fourth-order valence-electron chi connectivity index (χ4n) is 3.19. The van der Waals surface area contributed by atoms with E-state index in [-0.39, 0.29) is 11.6 Å². The van der Waals surface area contributed by atoms with Crippen molar-refractivity contribution in [3.63, 3.8) is 0 Å². The first kappa shape index (κ1) is 10.2. The van der Waals surface area contributed by atoms with Crippen molar-refractivity contribution in [2.24, 2.45) is 0 Å². The van der Waals surface area contributed by atoms with Crippen molar-refractivity contribution >= 4 is 41.5 Å². The maximum atomic E-state index is 12.6. The predicted molar refractivity (Wildman–Crippen MR) is 68.6 cm³/mol. The third-order valence-electron chi connectivity index (χ3n) is 4.14. The monoisotopic (exact) mass is 368 g/mol. The minimum atomic E-state index is 0.163. The molecular formula is C14H8O2Se2. The van der Waals surface area contributed by atoms with Gasteiger partial charge in [-0.05, 0) is 0 Å². The first-order valence-electron chi connectivity index (χ1n) is 6.01. The Balaban J connectivity index is 1.80. The minimum absolute atomic E-state index is 0.163. The number of Topliss-reactive ketones (excluding diaryl/α,β-unsaturated/α-hetero) is 2. The molecule has 0 saturated carbocycles. The topological polar surface area (TPSA) is 34.1 Å². The summed E-state index contributed by atoms with van der Waals surface area (Å²) in [5.41, 5.74) is 3.16. The van der Waals surface area contributed by atoms with E-state index in [1.165, 1.54) is 0 Å². The molecule has 18 heavy (non-hydrogen) atoms. The van der Waals surface area contributed by atoms with Gasteiger partial charge in [0.05, 0.1) is 0 Å². The second-order valence-corrected chi connectivity index (χ2v) is 10.6. The van der Waals surface area contributed by atoms with E-state index in [1.807, 2.05) is 24.3 Å². The van der Waals surface area contributed by atoms with Gasteiger partial charge < -0.3 is 0 Å². The molecule has 4 unspecified atom stereocenters. The molecule has 4 heteroatoms. The molecule has 1 aromatic carbocycles. The number of ketones is 2. The molecule has 0 aromatic heterocycles. The molecule has 2 saturated heterocycles. The zero-order valence-corrected chi connectivity index (χ0v) is 12.7. The van der Waals surface area contributed by atoms with Crippen molar-refractivity contribution in [3.8, 4) is 0 Å². The zero-order valence-electron chi connectivity index (χ0n) is 9.25. The molecule has 2 aliphatic carbocycles. The van der Waals surface area contributed by atoms with E-state index in [0.717, 1.165) is 20.8 Å². The molecular weight excluding hydrogens is 358 g/mol. The van der Waals surface area contributed by atoms with Crippen LogP contribution in [0.25, 0.3) is 0 Å². The summed E-state index contributed by atoms with van der Waals surface area (Å²) in [5.74, 6) is 0.325. The van der Waals surface area contributed by atoms with Gasteiger partial charge in [-0.3, -0.25) is 0 Å². The maximum absolute atomic E-state index is 12.6. The van der Waals surface area contributed by atoms with E-state index in [2.05, 4.69) is 0 Å². The number of hydrogen-bond donors (Lipinski definition) is 0. The van der Waals surface area contributed by atoms with Crippen LogP contribution in [0.1, 0.15) is 20.7 Å². The number of rotatable bonds is 0. The Bertz CT molecular complexity index is 619. The third kappa shape index (κ3) is 1.07. The standard InChI is InChI=1S/C14H8O2Se2/c15-9-5-3-1-2-4-6(5)10(16)8-7(9)11-13(17-11)14-12(8)18-14/h1-4,11-14H. The third-order valence-corrected chi connectivity index (χ3v) is 10.8. The quantitative estimate of drug-likeness (QED) is 0.658. The van der Waals surface area contributed by atoms with Crippen LogP contribution in [0.2, 0.25) is 19.3 Å². The van der Waals surface area contributed by atoms with Crippen LogP contribution in [0.3, 0.4) is 0 Å². The van der Waals surface area contributed by atoms with Crippen LogP contribution in [0.5, 0.6) is 0 Å². The Kier molecular flexibility index (Phi) is 1.74. The summed E-state index contributed by atoms with van der Waals surface area (Å²) >= 11 is 1.20. The van der Waals surface area contributed by atoms with Crippen molar-refractivity contribution in [1.82, 2.24) is 0 Å². The van der Waals surface area contributed by atoms with Crippen molar-refractivity contribution in [1.29, 1.82) is 0 Å². The Morgan fingerprint density at radius 3 is 1.67 bits per heavy atom. The number of carbonyl (C=O) groups excluding carboxylic acids is 2. The van der Waals surface area contributed by atoms with Gasteiger partial charge in [-0.25, -0.2) is 0 Å². The van der Waals surface area contributed by atoms with Gasteiger partial charge in [0, 0.05) is 0 Å². The molecule has 4 atom stereocenters. The molecule has 0 bridgehead atoms. The Hall–Kier alpha value is -0.661. The molecule has 4 aliphatic rings. The van der Waals surface area contributed by atoms with Crippen molar-refractivity contribution < 1.29 is 9.59 Å². The summed E-state index contributed by atoms with van der Waals surface area (Å²) in [5, 5.41) is 0. The Labute approximate surface area is 117 Å². The van der Waals surface area contributed by atoms with Crippen LogP contribution in [0.4, 0.5) is 0 Å². The Morgan fingerprint density at radius 2 is 1.22 bits per heavy atom. The molecule has 0 spiro atoms. The van der Waals surface area contributed by atoms with Crippen LogP contribution in [0.15, 0.2) is 35.4 Å². The number of fused-ring (bicyclic) bond motifs is 6. The fourth-order valence-corrected chi connectivity index (χ4v) is 10.8. The van der Waals surface area contributed by atoms with Gasteiger partial charge in [-0.15, -0.1) is 0 Å². The second kappa shape index (κ2) is 3.08. The molecule has 1 aromatic rings.